The van der Waals surface area contributed by atoms with E-state index in [2.05, 4.69) is 31.6 Å². The smallest absolute Gasteiger partial charge is 0.157 e. The largest absolute Gasteiger partial charge is 0.490 e. The van der Waals surface area contributed by atoms with Crippen LogP contribution in [0.25, 0.3) is 0 Å². The molecule has 0 saturated carbocycles. The quantitative estimate of drug-likeness (QED) is 0.735. The molecule has 0 fully saturated rings. The van der Waals surface area contributed by atoms with Gasteiger partial charge in [0.15, 0.2) is 5.75 Å². The Bertz CT molecular complexity index is 262. The van der Waals surface area contributed by atoms with Gasteiger partial charge in [-0.1, -0.05) is 13.8 Å². The van der Waals surface area contributed by atoms with Crippen LogP contribution in [0.5, 0.6) is 5.75 Å². The molecule has 14 heavy (non-hydrogen) atoms. The van der Waals surface area contributed by atoms with E-state index in [-0.39, 0.29) is 0 Å². The van der Waals surface area contributed by atoms with Gasteiger partial charge in [-0.3, -0.25) is 4.68 Å². The highest BCUT2D eigenvalue weighted by Gasteiger charge is 2.02. The van der Waals surface area contributed by atoms with Gasteiger partial charge in [0.2, 0.25) is 0 Å². The highest BCUT2D eigenvalue weighted by atomic mass is 32.1. The summed E-state index contributed by atoms with van der Waals surface area (Å²) in [5.41, 5.74) is 0. The van der Waals surface area contributed by atoms with Crippen molar-refractivity contribution in [2.24, 2.45) is 5.92 Å². The topological polar surface area (TPSA) is 27.1 Å². The minimum absolute atomic E-state index is 0.479. The zero-order valence-electron chi connectivity index (χ0n) is 8.81. The van der Waals surface area contributed by atoms with Crippen molar-refractivity contribution in [3.05, 3.63) is 12.4 Å². The molecule has 0 aliphatic carbocycles. The molecule has 1 unspecified atom stereocenters. The zero-order valence-corrected chi connectivity index (χ0v) is 9.70. The van der Waals surface area contributed by atoms with Crippen LogP contribution in [-0.2, 0) is 6.54 Å². The first kappa shape index (κ1) is 11.4. The van der Waals surface area contributed by atoms with Crippen molar-refractivity contribution in [2.75, 3.05) is 12.4 Å². The van der Waals surface area contributed by atoms with Gasteiger partial charge >= 0.3 is 0 Å². The van der Waals surface area contributed by atoms with Crippen LogP contribution >= 0.6 is 12.6 Å². The molecule has 1 rings (SSSR count). The van der Waals surface area contributed by atoms with Crippen molar-refractivity contribution < 1.29 is 4.74 Å². The van der Waals surface area contributed by atoms with E-state index in [1.807, 2.05) is 10.9 Å². The highest BCUT2D eigenvalue weighted by molar-refractivity contribution is 7.80. The Morgan fingerprint density at radius 2 is 2.43 bits per heavy atom. The van der Waals surface area contributed by atoms with Crippen molar-refractivity contribution in [1.82, 2.24) is 9.78 Å². The Balaban J connectivity index is 2.35. The Hall–Kier alpha value is -0.640. The van der Waals surface area contributed by atoms with Gasteiger partial charge in [0.25, 0.3) is 0 Å². The molecule has 4 heteroatoms. The normalized spacial score (nSPS) is 12.8. The SMILES string of the molecule is CCCn1cc(OCC(C)CS)cn1. The lowest BCUT2D eigenvalue weighted by Gasteiger charge is -2.07. The third kappa shape index (κ3) is 3.62. The van der Waals surface area contributed by atoms with E-state index < -0.39 is 0 Å². The van der Waals surface area contributed by atoms with Crippen LogP contribution in [0.3, 0.4) is 0 Å². The molecule has 0 N–H and O–H groups in total. The summed E-state index contributed by atoms with van der Waals surface area (Å²) in [6.45, 7) is 5.90. The Labute approximate surface area is 90.9 Å². The fraction of sp³-hybridized carbons (Fsp3) is 0.700. The van der Waals surface area contributed by atoms with Crippen LogP contribution < -0.4 is 4.74 Å². The number of aryl methyl sites for hydroxylation is 1. The van der Waals surface area contributed by atoms with E-state index >= 15 is 0 Å². The fourth-order valence-electron chi connectivity index (χ4n) is 1.06. The van der Waals surface area contributed by atoms with Crippen LogP contribution in [-0.4, -0.2) is 22.1 Å². The van der Waals surface area contributed by atoms with Crippen LogP contribution in [0.2, 0.25) is 0 Å². The molecule has 0 aliphatic heterocycles. The van der Waals surface area contributed by atoms with E-state index in [4.69, 9.17) is 4.74 Å². The molecule has 1 atom stereocenters. The molecule has 1 heterocycles. The molecule has 0 aliphatic rings. The number of thiol groups is 1. The summed E-state index contributed by atoms with van der Waals surface area (Å²) in [6, 6.07) is 0. The average Bonchev–Trinajstić information content (AvgIpc) is 2.63. The lowest BCUT2D eigenvalue weighted by atomic mass is 10.2. The van der Waals surface area contributed by atoms with Gasteiger partial charge in [-0.05, 0) is 18.1 Å². The molecular weight excluding hydrogens is 196 g/mol. The molecule has 0 amide bonds. The molecule has 3 nitrogen and oxygen atoms in total. The van der Waals surface area contributed by atoms with Crippen LogP contribution in [0.1, 0.15) is 20.3 Å². The van der Waals surface area contributed by atoms with E-state index in [1.165, 1.54) is 0 Å². The van der Waals surface area contributed by atoms with E-state index in [0.29, 0.717) is 12.5 Å². The minimum Gasteiger partial charge on any atom is -0.490 e. The molecule has 0 bridgehead atoms. The summed E-state index contributed by atoms with van der Waals surface area (Å²) in [5, 5.41) is 4.18. The van der Waals surface area contributed by atoms with Crippen molar-refractivity contribution >= 4 is 12.6 Å². The highest BCUT2D eigenvalue weighted by Crippen LogP contribution is 2.10. The van der Waals surface area contributed by atoms with Gasteiger partial charge in [-0.15, -0.1) is 0 Å². The summed E-state index contributed by atoms with van der Waals surface area (Å²) in [7, 11) is 0. The van der Waals surface area contributed by atoms with Gasteiger partial charge in [0.1, 0.15) is 0 Å². The second-order valence-corrected chi connectivity index (χ2v) is 3.90. The predicted molar refractivity (Wildman–Crippen MR) is 61.0 cm³/mol. The monoisotopic (exact) mass is 214 g/mol. The second-order valence-electron chi connectivity index (χ2n) is 3.54. The molecule has 0 aromatic carbocycles. The predicted octanol–water partition coefficient (Wildman–Crippen LogP) is 2.24. The lowest BCUT2D eigenvalue weighted by Crippen LogP contribution is -2.09. The number of rotatable bonds is 6. The second kappa shape index (κ2) is 5.96. The summed E-state index contributed by atoms with van der Waals surface area (Å²) < 4.78 is 7.46. The van der Waals surface area contributed by atoms with Crippen molar-refractivity contribution in [1.29, 1.82) is 0 Å². The van der Waals surface area contributed by atoms with Crippen molar-refractivity contribution in [2.45, 2.75) is 26.8 Å². The van der Waals surface area contributed by atoms with Crippen molar-refractivity contribution in [3.8, 4) is 5.75 Å². The maximum Gasteiger partial charge on any atom is 0.157 e. The van der Waals surface area contributed by atoms with Gasteiger partial charge in [0, 0.05) is 6.54 Å². The Morgan fingerprint density at radius 1 is 1.64 bits per heavy atom. The van der Waals surface area contributed by atoms with E-state index in [9.17, 15) is 0 Å². The molecule has 80 valence electrons. The molecular formula is C10H18N2OS. The summed E-state index contributed by atoms with van der Waals surface area (Å²) in [6.07, 6.45) is 4.80. The van der Waals surface area contributed by atoms with Gasteiger partial charge in [-0.2, -0.15) is 17.7 Å². The Kier molecular flexibility index (Phi) is 4.87. The first-order valence-corrected chi connectivity index (χ1v) is 5.65. The van der Waals surface area contributed by atoms with Crippen LogP contribution in [0, 0.1) is 5.92 Å². The molecule has 0 saturated heterocycles. The van der Waals surface area contributed by atoms with Gasteiger partial charge in [0.05, 0.1) is 19.0 Å². The molecule has 0 radical (unpaired) electrons. The molecule has 1 aromatic heterocycles. The number of nitrogens with zero attached hydrogens (tertiary/aromatic N) is 2. The first-order chi connectivity index (χ1) is 6.76. The third-order valence-corrected chi connectivity index (χ3v) is 2.53. The number of ether oxygens (including phenoxy) is 1. The van der Waals surface area contributed by atoms with Gasteiger partial charge in [-0.25, -0.2) is 0 Å². The van der Waals surface area contributed by atoms with Crippen LogP contribution in [0.15, 0.2) is 12.4 Å². The number of aromatic nitrogens is 2. The van der Waals surface area contributed by atoms with Crippen molar-refractivity contribution in [3.63, 3.8) is 0 Å². The molecule has 0 spiro atoms. The van der Waals surface area contributed by atoms with Crippen LogP contribution in [0.4, 0.5) is 0 Å². The summed E-state index contributed by atoms with van der Waals surface area (Å²) in [4.78, 5) is 0. The molecule has 1 aromatic rings. The Morgan fingerprint density at radius 3 is 3.07 bits per heavy atom. The number of hydrogen-bond acceptors (Lipinski definition) is 3. The van der Waals surface area contributed by atoms with Gasteiger partial charge < -0.3 is 4.74 Å². The average molecular weight is 214 g/mol. The number of hydrogen-bond donors (Lipinski definition) is 1. The first-order valence-electron chi connectivity index (χ1n) is 5.02. The zero-order chi connectivity index (χ0) is 10.4. The van der Waals surface area contributed by atoms with E-state index in [1.54, 1.807) is 6.20 Å². The summed E-state index contributed by atoms with van der Waals surface area (Å²) >= 11 is 4.20. The maximum absolute atomic E-state index is 5.55. The van der Waals surface area contributed by atoms with E-state index in [0.717, 1.165) is 24.5 Å². The lowest BCUT2D eigenvalue weighted by molar-refractivity contribution is 0.273. The maximum atomic E-state index is 5.55. The third-order valence-electron chi connectivity index (χ3n) is 1.91. The summed E-state index contributed by atoms with van der Waals surface area (Å²) in [5.74, 6) is 2.18. The fourth-order valence-corrected chi connectivity index (χ4v) is 1.17. The standard InChI is InChI=1S/C10H18N2OS/c1-3-4-12-6-10(5-11-12)13-7-9(2)8-14/h5-6,9,14H,3-4,7-8H2,1-2H3. The minimum atomic E-state index is 0.479.